The lowest BCUT2D eigenvalue weighted by Gasteiger charge is -2.30. The number of aromatic nitrogens is 2. The molecule has 2 fully saturated rings. The number of pyridine rings is 1. The second kappa shape index (κ2) is 8.92. The summed E-state index contributed by atoms with van der Waals surface area (Å²) in [6.45, 7) is 7.80. The molecule has 3 aromatic rings. The van der Waals surface area contributed by atoms with Crippen molar-refractivity contribution in [3.8, 4) is 0 Å². The fourth-order valence-electron chi connectivity index (χ4n) is 4.54. The quantitative estimate of drug-likeness (QED) is 0.582. The van der Waals surface area contributed by atoms with Gasteiger partial charge < -0.3 is 24.4 Å². The summed E-state index contributed by atoms with van der Waals surface area (Å²) < 4.78 is 7.73. The van der Waals surface area contributed by atoms with Crippen molar-refractivity contribution in [2.75, 3.05) is 36.1 Å². The topological polar surface area (TPSA) is 45.6 Å². The van der Waals surface area contributed by atoms with Crippen LogP contribution in [0, 0.1) is 0 Å². The summed E-state index contributed by atoms with van der Waals surface area (Å²) in [4.78, 5) is 9.24. The average molecular weight is 448 g/mol. The number of nitrogens with zero attached hydrogens (tertiary/aromatic N) is 4. The maximum atomic E-state index is 5.85. The fourth-order valence-corrected chi connectivity index (χ4v) is 4.89. The van der Waals surface area contributed by atoms with Crippen LogP contribution in [0.5, 0.6) is 0 Å². The number of benzene rings is 1. The molecule has 32 heavy (non-hydrogen) atoms. The molecule has 2 aromatic heterocycles. The molecule has 0 saturated carbocycles. The molecule has 6 nitrogen and oxygen atoms in total. The summed E-state index contributed by atoms with van der Waals surface area (Å²) in [6.07, 6.45) is 6.22. The number of rotatable bonds is 5. The highest BCUT2D eigenvalue weighted by molar-refractivity contribution is 7.80. The van der Waals surface area contributed by atoms with Crippen LogP contribution in [0.1, 0.15) is 43.2 Å². The zero-order chi connectivity index (χ0) is 22.1. The average Bonchev–Trinajstić information content (AvgIpc) is 3.45. The SMILES string of the molecule is CC(C)n1ccc([C@H]2[C@@H](c3ccccn3)NC(=S)N2c2ccc(N3CCOCC3)cc2)c1. The Morgan fingerprint density at radius 1 is 1.03 bits per heavy atom. The largest absolute Gasteiger partial charge is 0.378 e. The molecule has 5 rings (SSSR count). The van der Waals surface area contributed by atoms with E-state index >= 15 is 0 Å². The van der Waals surface area contributed by atoms with E-state index < -0.39 is 0 Å². The Morgan fingerprint density at radius 2 is 1.78 bits per heavy atom. The van der Waals surface area contributed by atoms with Gasteiger partial charge in [-0.2, -0.15) is 0 Å². The van der Waals surface area contributed by atoms with Gasteiger partial charge in [-0.15, -0.1) is 0 Å². The van der Waals surface area contributed by atoms with Crippen LogP contribution in [0.3, 0.4) is 0 Å². The van der Waals surface area contributed by atoms with Gasteiger partial charge in [-0.25, -0.2) is 0 Å². The first-order valence-corrected chi connectivity index (χ1v) is 11.6. The first-order chi connectivity index (χ1) is 15.6. The zero-order valence-electron chi connectivity index (χ0n) is 18.5. The highest BCUT2D eigenvalue weighted by Crippen LogP contribution is 2.42. The van der Waals surface area contributed by atoms with E-state index in [1.807, 2.05) is 18.3 Å². The molecule has 4 heterocycles. The van der Waals surface area contributed by atoms with Crippen molar-refractivity contribution in [1.82, 2.24) is 14.9 Å². The smallest absolute Gasteiger partial charge is 0.174 e. The fraction of sp³-hybridized carbons (Fsp3) is 0.360. The van der Waals surface area contributed by atoms with Crippen LogP contribution in [-0.4, -0.2) is 41.0 Å². The van der Waals surface area contributed by atoms with Crippen molar-refractivity contribution in [3.63, 3.8) is 0 Å². The van der Waals surface area contributed by atoms with Gasteiger partial charge in [-0.05, 0) is 74.1 Å². The van der Waals surface area contributed by atoms with Gasteiger partial charge in [0.15, 0.2) is 5.11 Å². The molecular formula is C25H29N5OS. The zero-order valence-corrected chi connectivity index (χ0v) is 19.3. The molecule has 0 amide bonds. The number of anilines is 2. The number of morpholine rings is 1. The van der Waals surface area contributed by atoms with Crippen LogP contribution in [-0.2, 0) is 4.74 Å². The third-order valence-electron chi connectivity index (χ3n) is 6.28. The van der Waals surface area contributed by atoms with Gasteiger partial charge >= 0.3 is 0 Å². The molecule has 0 bridgehead atoms. The van der Waals surface area contributed by atoms with Crippen LogP contribution < -0.4 is 15.1 Å². The van der Waals surface area contributed by atoms with Gasteiger partial charge in [0.2, 0.25) is 0 Å². The third-order valence-corrected chi connectivity index (χ3v) is 6.59. The second-order valence-electron chi connectivity index (χ2n) is 8.60. The van der Waals surface area contributed by atoms with Gasteiger partial charge in [0, 0.05) is 49.1 Å². The molecular weight excluding hydrogens is 418 g/mol. The highest BCUT2D eigenvalue weighted by Gasteiger charge is 2.41. The molecule has 0 spiro atoms. The van der Waals surface area contributed by atoms with E-state index in [0.29, 0.717) is 6.04 Å². The van der Waals surface area contributed by atoms with Gasteiger partial charge in [-0.1, -0.05) is 6.07 Å². The van der Waals surface area contributed by atoms with Crippen LogP contribution >= 0.6 is 12.2 Å². The monoisotopic (exact) mass is 447 g/mol. The van der Waals surface area contributed by atoms with E-state index in [1.54, 1.807) is 0 Å². The summed E-state index contributed by atoms with van der Waals surface area (Å²) in [5.74, 6) is 0. The van der Waals surface area contributed by atoms with Gasteiger partial charge in [0.05, 0.1) is 31.0 Å². The van der Waals surface area contributed by atoms with Crippen LogP contribution in [0.2, 0.25) is 0 Å². The molecule has 0 radical (unpaired) electrons. The van der Waals surface area contributed by atoms with E-state index in [2.05, 4.69) is 87.3 Å². The van der Waals surface area contributed by atoms with Crippen molar-refractivity contribution in [3.05, 3.63) is 78.4 Å². The number of ether oxygens (including phenoxy) is 1. The maximum Gasteiger partial charge on any atom is 0.174 e. The minimum atomic E-state index is -0.0226. The van der Waals surface area contributed by atoms with Crippen molar-refractivity contribution in [1.29, 1.82) is 0 Å². The van der Waals surface area contributed by atoms with E-state index in [4.69, 9.17) is 17.0 Å². The Morgan fingerprint density at radius 3 is 2.44 bits per heavy atom. The standard InChI is InChI=1S/C25H29N5OS/c1-18(2)29-12-10-19(17-29)24-23(22-5-3-4-11-26-22)27-25(32)30(24)21-8-6-20(7-9-21)28-13-15-31-16-14-28/h3-12,17-18,23-24H,13-16H2,1-2H3,(H,27,32)/t23-,24+/m1/s1. The Hall–Kier alpha value is -2.90. The molecule has 2 aliphatic heterocycles. The number of nitrogens with one attached hydrogen (secondary N) is 1. The molecule has 2 atom stereocenters. The Balaban J connectivity index is 1.50. The van der Waals surface area contributed by atoms with Gasteiger partial charge in [-0.3, -0.25) is 4.98 Å². The number of thiocarbonyl (C=S) groups is 1. The summed E-state index contributed by atoms with van der Waals surface area (Å²) in [6, 6.07) is 17.4. The third kappa shape index (κ3) is 3.98. The Labute approximate surface area is 194 Å². The normalized spacial score (nSPS) is 21.3. The highest BCUT2D eigenvalue weighted by atomic mass is 32.1. The molecule has 1 N–H and O–H groups in total. The Bertz CT molecular complexity index is 1060. The van der Waals surface area contributed by atoms with Crippen molar-refractivity contribution < 1.29 is 4.74 Å². The summed E-state index contributed by atoms with van der Waals surface area (Å²) in [7, 11) is 0. The van der Waals surface area contributed by atoms with Crippen molar-refractivity contribution >= 4 is 28.7 Å². The van der Waals surface area contributed by atoms with Crippen LogP contribution in [0.25, 0.3) is 0 Å². The minimum Gasteiger partial charge on any atom is -0.378 e. The molecule has 2 saturated heterocycles. The first kappa shape index (κ1) is 21.0. The minimum absolute atomic E-state index is 0.0200. The lowest BCUT2D eigenvalue weighted by Crippen LogP contribution is -2.36. The van der Waals surface area contributed by atoms with Crippen molar-refractivity contribution in [2.45, 2.75) is 32.0 Å². The number of hydrogen-bond acceptors (Lipinski definition) is 4. The van der Waals surface area contributed by atoms with E-state index in [-0.39, 0.29) is 12.1 Å². The Kier molecular flexibility index (Phi) is 5.85. The van der Waals surface area contributed by atoms with Crippen LogP contribution in [0.15, 0.2) is 67.1 Å². The number of hydrogen-bond donors (Lipinski definition) is 1. The molecule has 0 aliphatic carbocycles. The van der Waals surface area contributed by atoms with E-state index in [0.717, 1.165) is 42.8 Å². The van der Waals surface area contributed by atoms with Gasteiger partial charge in [0.25, 0.3) is 0 Å². The van der Waals surface area contributed by atoms with E-state index in [1.165, 1.54) is 11.3 Å². The predicted octanol–water partition coefficient (Wildman–Crippen LogP) is 4.48. The molecule has 1 aromatic carbocycles. The van der Waals surface area contributed by atoms with Crippen LogP contribution in [0.4, 0.5) is 11.4 Å². The lowest BCUT2D eigenvalue weighted by molar-refractivity contribution is 0.122. The van der Waals surface area contributed by atoms with E-state index in [9.17, 15) is 0 Å². The summed E-state index contributed by atoms with van der Waals surface area (Å²) in [5.41, 5.74) is 4.52. The molecule has 2 aliphatic rings. The van der Waals surface area contributed by atoms with Crippen molar-refractivity contribution in [2.24, 2.45) is 0 Å². The molecule has 7 heteroatoms. The lowest BCUT2D eigenvalue weighted by atomic mass is 9.98. The summed E-state index contributed by atoms with van der Waals surface area (Å²) in [5, 5.41) is 4.27. The first-order valence-electron chi connectivity index (χ1n) is 11.2. The molecule has 166 valence electrons. The second-order valence-corrected chi connectivity index (χ2v) is 8.98. The van der Waals surface area contributed by atoms with Gasteiger partial charge in [0.1, 0.15) is 0 Å². The maximum absolute atomic E-state index is 5.85. The predicted molar refractivity (Wildman–Crippen MR) is 132 cm³/mol. The summed E-state index contributed by atoms with van der Waals surface area (Å²) >= 11 is 5.85. The molecule has 0 unspecified atom stereocenters.